The molecule has 1 fully saturated rings. The van der Waals surface area contributed by atoms with Gasteiger partial charge >= 0.3 is 0 Å². The van der Waals surface area contributed by atoms with Gasteiger partial charge in [-0.05, 0) is 73.9 Å². The number of hydrogen-bond acceptors (Lipinski definition) is 4. The van der Waals surface area contributed by atoms with Gasteiger partial charge in [-0.1, -0.05) is 30.3 Å². The standard InChI is InChI=1S/C24H32N4O2/c25-14-18-9-11-19(12-10-18)16-27-23(29)17-28(22-7-2-1-3-8-22)24(30)21-6-4-5-20(13-21)15-26/h1-8,13,18-19H,9-12,14-17,25-26H2,(H,27,29). The zero-order valence-electron chi connectivity index (χ0n) is 17.4. The summed E-state index contributed by atoms with van der Waals surface area (Å²) >= 11 is 0. The first-order chi connectivity index (χ1) is 14.6. The molecule has 2 aromatic rings. The smallest absolute Gasteiger partial charge is 0.258 e. The predicted molar refractivity (Wildman–Crippen MR) is 120 cm³/mol. The van der Waals surface area contributed by atoms with E-state index in [1.165, 1.54) is 4.90 Å². The summed E-state index contributed by atoms with van der Waals surface area (Å²) in [7, 11) is 0. The van der Waals surface area contributed by atoms with Crippen LogP contribution < -0.4 is 21.7 Å². The normalized spacial score (nSPS) is 18.6. The van der Waals surface area contributed by atoms with E-state index in [-0.39, 0.29) is 18.4 Å². The lowest BCUT2D eigenvalue weighted by Crippen LogP contribution is -2.42. The van der Waals surface area contributed by atoms with E-state index in [9.17, 15) is 9.59 Å². The SMILES string of the molecule is NCc1cccc(C(=O)N(CC(=O)NCC2CCC(CN)CC2)c2ccccc2)c1. The number of carbonyl (C=O) groups is 2. The molecule has 0 radical (unpaired) electrons. The summed E-state index contributed by atoms with van der Waals surface area (Å²) in [6.07, 6.45) is 4.44. The molecule has 0 bridgehead atoms. The molecular weight excluding hydrogens is 376 g/mol. The van der Waals surface area contributed by atoms with Gasteiger partial charge in [0.2, 0.25) is 5.91 Å². The van der Waals surface area contributed by atoms with Crippen LogP contribution in [-0.4, -0.2) is 31.4 Å². The number of anilines is 1. The Balaban J connectivity index is 1.66. The highest BCUT2D eigenvalue weighted by molar-refractivity contribution is 6.08. The Morgan fingerprint density at radius 2 is 1.63 bits per heavy atom. The average molecular weight is 409 g/mol. The molecule has 0 aromatic heterocycles. The van der Waals surface area contributed by atoms with Crippen molar-refractivity contribution in [1.82, 2.24) is 5.32 Å². The van der Waals surface area contributed by atoms with E-state index < -0.39 is 0 Å². The quantitative estimate of drug-likeness (QED) is 0.625. The first kappa shape index (κ1) is 22.0. The van der Waals surface area contributed by atoms with Crippen molar-refractivity contribution < 1.29 is 9.59 Å². The molecule has 6 nitrogen and oxygen atoms in total. The fourth-order valence-electron chi connectivity index (χ4n) is 4.00. The monoisotopic (exact) mass is 408 g/mol. The van der Waals surface area contributed by atoms with Gasteiger partial charge in [0.1, 0.15) is 6.54 Å². The van der Waals surface area contributed by atoms with Crippen molar-refractivity contribution in [2.75, 3.05) is 24.5 Å². The van der Waals surface area contributed by atoms with Crippen molar-refractivity contribution in [1.29, 1.82) is 0 Å². The Hall–Kier alpha value is -2.70. The Kier molecular flexibility index (Phi) is 7.99. The minimum absolute atomic E-state index is 0.0200. The molecule has 3 rings (SSSR count). The Labute approximate surface area is 178 Å². The van der Waals surface area contributed by atoms with Gasteiger partial charge in [-0.2, -0.15) is 0 Å². The molecule has 5 N–H and O–H groups in total. The van der Waals surface area contributed by atoms with Gasteiger partial charge in [0.25, 0.3) is 5.91 Å². The second kappa shape index (κ2) is 10.9. The lowest BCUT2D eigenvalue weighted by atomic mass is 9.82. The molecule has 2 aromatic carbocycles. The van der Waals surface area contributed by atoms with Crippen LogP contribution in [0.4, 0.5) is 5.69 Å². The summed E-state index contributed by atoms with van der Waals surface area (Å²) < 4.78 is 0. The molecule has 0 spiro atoms. The molecule has 0 heterocycles. The number of hydrogen-bond donors (Lipinski definition) is 3. The second-order valence-electron chi connectivity index (χ2n) is 8.06. The van der Waals surface area contributed by atoms with E-state index in [2.05, 4.69) is 5.32 Å². The van der Waals surface area contributed by atoms with Crippen molar-refractivity contribution in [2.24, 2.45) is 23.3 Å². The molecule has 1 aliphatic carbocycles. The van der Waals surface area contributed by atoms with Gasteiger partial charge in [-0.25, -0.2) is 0 Å². The van der Waals surface area contributed by atoms with Gasteiger partial charge in [0, 0.05) is 24.3 Å². The summed E-state index contributed by atoms with van der Waals surface area (Å²) in [5, 5.41) is 3.03. The number of nitrogens with two attached hydrogens (primary N) is 2. The van der Waals surface area contributed by atoms with E-state index in [4.69, 9.17) is 11.5 Å². The van der Waals surface area contributed by atoms with Crippen molar-refractivity contribution in [3.63, 3.8) is 0 Å². The lowest BCUT2D eigenvalue weighted by molar-refractivity contribution is -0.120. The third-order valence-electron chi connectivity index (χ3n) is 5.91. The highest BCUT2D eigenvalue weighted by Gasteiger charge is 2.23. The van der Waals surface area contributed by atoms with Crippen LogP contribution in [0, 0.1) is 11.8 Å². The average Bonchev–Trinajstić information content (AvgIpc) is 2.81. The minimum Gasteiger partial charge on any atom is -0.354 e. The van der Waals surface area contributed by atoms with Crippen LogP contribution in [0.2, 0.25) is 0 Å². The third kappa shape index (κ3) is 5.90. The third-order valence-corrected chi connectivity index (χ3v) is 5.91. The number of carbonyl (C=O) groups excluding carboxylic acids is 2. The zero-order valence-corrected chi connectivity index (χ0v) is 17.4. The maximum atomic E-state index is 13.2. The fourth-order valence-corrected chi connectivity index (χ4v) is 4.00. The summed E-state index contributed by atoms with van der Waals surface area (Å²) in [5.74, 6) is 0.740. The molecule has 0 aliphatic heterocycles. The zero-order chi connectivity index (χ0) is 21.3. The first-order valence-electron chi connectivity index (χ1n) is 10.7. The van der Waals surface area contributed by atoms with Crippen LogP contribution in [0.15, 0.2) is 54.6 Å². The molecule has 6 heteroatoms. The van der Waals surface area contributed by atoms with E-state index in [1.54, 1.807) is 12.1 Å². The number of nitrogens with zero attached hydrogens (tertiary/aromatic N) is 1. The van der Waals surface area contributed by atoms with E-state index in [1.807, 2.05) is 42.5 Å². The maximum absolute atomic E-state index is 13.2. The van der Waals surface area contributed by atoms with Gasteiger partial charge < -0.3 is 16.8 Å². The summed E-state index contributed by atoms with van der Waals surface area (Å²) in [5.41, 5.74) is 13.6. The predicted octanol–water partition coefficient (Wildman–Crippen LogP) is 2.67. The van der Waals surface area contributed by atoms with E-state index in [0.717, 1.165) is 37.8 Å². The molecule has 160 valence electrons. The second-order valence-corrected chi connectivity index (χ2v) is 8.06. The van der Waals surface area contributed by atoms with Crippen LogP contribution in [0.5, 0.6) is 0 Å². The summed E-state index contributed by atoms with van der Waals surface area (Å²) in [6, 6.07) is 16.5. The topological polar surface area (TPSA) is 101 Å². The number of nitrogens with one attached hydrogen (secondary N) is 1. The lowest BCUT2D eigenvalue weighted by Gasteiger charge is -2.28. The van der Waals surface area contributed by atoms with Gasteiger partial charge in [0.05, 0.1) is 0 Å². The van der Waals surface area contributed by atoms with Crippen molar-refractivity contribution in [3.05, 3.63) is 65.7 Å². The first-order valence-corrected chi connectivity index (χ1v) is 10.7. The summed E-state index contributed by atoms with van der Waals surface area (Å²) in [6.45, 7) is 1.74. The van der Waals surface area contributed by atoms with Crippen LogP contribution in [0.1, 0.15) is 41.6 Å². The molecule has 1 aliphatic rings. The van der Waals surface area contributed by atoms with E-state index >= 15 is 0 Å². The largest absolute Gasteiger partial charge is 0.354 e. The number of para-hydroxylation sites is 1. The van der Waals surface area contributed by atoms with Crippen LogP contribution >= 0.6 is 0 Å². The number of rotatable bonds is 8. The molecule has 1 saturated carbocycles. The van der Waals surface area contributed by atoms with Crippen molar-refractivity contribution >= 4 is 17.5 Å². The number of amides is 2. The molecular formula is C24H32N4O2. The Morgan fingerprint density at radius 1 is 0.933 bits per heavy atom. The minimum atomic E-state index is -0.213. The fraction of sp³-hybridized carbons (Fsp3) is 0.417. The molecule has 0 unspecified atom stereocenters. The van der Waals surface area contributed by atoms with Crippen LogP contribution in [0.3, 0.4) is 0 Å². The van der Waals surface area contributed by atoms with Gasteiger partial charge in [0.15, 0.2) is 0 Å². The van der Waals surface area contributed by atoms with Crippen molar-refractivity contribution in [2.45, 2.75) is 32.2 Å². The summed E-state index contributed by atoms with van der Waals surface area (Å²) in [4.78, 5) is 27.4. The van der Waals surface area contributed by atoms with Gasteiger partial charge in [-0.3, -0.25) is 14.5 Å². The van der Waals surface area contributed by atoms with E-state index in [0.29, 0.717) is 36.2 Å². The molecule has 2 amide bonds. The molecule has 0 atom stereocenters. The molecule has 30 heavy (non-hydrogen) atoms. The van der Waals surface area contributed by atoms with Crippen LogP contribution in [-0.2, 0) is 11.3 Å². The Bertz CT molecular complexity index is 832. The number of benzene rings is 2. The maximum Gasteiger partial charge on any atom is 0.258 e. The van der Waals surface area contributed by atoms with Crippen molar-refractivity contribution in [3.8, 4) is 0 Å². The highest BCUT2D eigenvalue weighted by Crippen LogP contribution is 2.27. The Morgan fingerprint density at radius 3 is 2.30 bits per heavy atom. The van der Waals surface area contributed by atoms with Crippen LogP contribution in [0.25, 0.3) is 0 Å². The molecule has 0 saturated heterocycles. The highest BCUT2D eigenvalue weighted by atomic mass is 16.2. The van der Waals surface area contributed by atoms with Gasteiger partial charge in [-0.15, -0.1) is 0 Å².